The summed E-state index contributed by atoms with van der Waals surface area (Å²) in [5.74, 6) is -0.738. The number of anilines is 1. The van der Waals surface area contributed by atoms with E-state index < -0.39 is 16.3 Å². The van der Waals surface area contributed by atoms with Gasteiger partial charge in [0.2, 0.25) is 5.43 Å². The third-order valence-electron chi connectivity index (χ3n) is 3.20. The maximum absolute atomic E-state index is 12.3. The second-order valence-corrected chi connectivity index (χ2v) is 4.71. The Hall–Kier alpha value is -3.55. The Kier molecular flexibility index (Phi) is 3.55. The van der Waals surface area contributed by atoms with Gasteiger partial charge in [0.1, 0.15) is 0 Å². The van der Waals surface area contributed by atoms with Crippen molar-refractivity contribution in [2.75, 3.05) is 5.32 Å². The van der Waals surface area contributed by atoms with Gasteiger partial charge in [-0.05, 0) is 18.2 Å². The van der Waals surface area contributed by atoms with E-state index in [1.165, 1.54) is 24.3 Å². The molecule has 0 bridgehead atoms. The van der Waals surface area contributed by atoms with Crippen LogP contribution < -0.4 is 10.7 Å². The third kappa shape index (κ3) is 2.77. The molecular weight excluding hydrogens is 300 g/mol. The van der Waals surface area contributed by atoms with Gasteiger partial charge in [0.05, 0.1) is 10.4 Å². The Morgan fingerprint density at radius 3 is 2.74 bits per heavy atom. The number of nitro benzene ring substituents is 1. The van der Waals surface area contributed by atoms with E-state index in [2.05, 4.69) is 15.5 Å². The summed E-state index contributed by atoms with van der Waals surface area (Å²) in [6, 6.07) is 12.1. The number of aromatic nitrogens is 2. The van der Waals surface area contributed by atoms with Crippen LogP contribution in [-0.2, 0) is 0 Å². The number of nitrogens with zero attached hydrogens (tertiary/aromatic N) is 2. The Bertz CT molecular complexity index is 980. The number of hydrogen-bond acceptors (Lipinski definition) is 5. The number of carbonyl (C=O) groups excluding carboxylic acids is 1. The number of nitrogens with one attached hydrogen (secondary N) is 2. The lowest BCUT2D eigenvalue weighted by Crippen LogP contribution is -2.24. The van der Waals surface area contributed by atoms with Gasteiger partial charge in [-0.1, -0.05) is 18.2 Å². The number of non-ortho nitro benzene ring substituents is 1. The molecule has 1 aromatic heterocycles. The number of hydrogen-bond donors (Lipinski definition) is 2. The Morgan fingerprint density at radius 1 is 1.17 bits per heavy atom. The first-order chi connectivity index (χ1) is 11.1. The SMILES string of the molecule is O=C(Nc1cccc([N+](=O)[O-])c1)c1n[nH]c2ccccc2c1=O. The van der Waals surface area contributed by atoms with Crippen LogP contribution in [0, 0.1) is 10.1 Å². The van der Waals surface area contributed by atoms with Crippen molar-refractivity contribution in [3.8, 4) is 0 Å². The number of para-hydroxylation sites is 1. The van der Waals surface area contributed by atoms with Crippen LogP contribution in [-0.4, -0.2) is 21.0 Å². The molecule has 23 heavy (non-hydrogen) atoms. The van der Waals surface area contributed by atoms with Crippen molar-refractivity contribution in [2.45, 2.75) is 0 Å². The highest BCUT2D eigenvalue weighted by molar-refractivity contribution is 6.04. The standard InChI is InChI=1S/C15H10N4O4/c20-14-11-6-1-2-7-12(11)17-18-13(14)15(21)16-9-4-3-5-10(8-9)19(22)23/h1-8H,(H,16,21)(H,17,20). The van der Waals surface area contributed by atoms with E-state index in [1.807, 2.05) is 0 Å². The largest absolute Gasteiger partial charge is 0.320 e. The molecule has 114 valence electrons. The third-order valence-corrected chi connectivity index (χ3v) is 3.20. The molecule has 0 aliphatic carbocycles. The zero-order valence-electron chi connectivity index (χ0n) is 11.6. The van der Waals surface area contributed by atoms with Gasteiger partial charge in [0.15, 0.2) is 5.69 Å². The van der Waals surface area contributed by atoms with E-state index in [9.17, 15) is 19.7 Å². The second-order valence-electron chi connectivity index (χ2n) is 4.71. The molecule has 1 amide bonds. The van der Waals surface area contributed by atoms with Crippen LogP contribution in [0.5, 0.6) is 0 Å². The maximum Gasteiger partial charge on any atom is 0.280 e. The summed E-state index contributed by atoms with van der Waals surface area (Å²) in [6.45, 7) is 0. The first kappa shape index (κ1) is 14.4. The zero-order valence-corrected chi connectivity index (χ0v) is 11.6. The number of fused-ring (bicyclic) bond motifs is 1. The molecule has 0 unspecified atom stereocenters. The highest BCUT2D eigenvalue weighted by Crippen LogP contribution is 2.17. The molecule has 0 aliphatic rings. The minimum Gasteiger partial charge on any atom is -0.320 e. The van der Waals surface area contributed by atoms with Crippen molar-refractivity contribution in [3.05, 3.63) is 74.6 Å². The van der Waals surface area contributed by atoms with Crippen molar-refractivity contribution >= 4 is 28.2 Å². The quantitative estimate of drug-likeness (QED) is 0.567. The average Bonchev–Trinajstić information content (AvgIpc) is 2.55. The van der Waals surface area contributed by atoms with Gasteiger partial charge in [-0.3, -0.25) is 24.8 Å². The summed E-state index contributed by atoms with van der Waals surface area (Å²) in [5, 5.41) is 19.9. The highest BCUT2D eigenvalue weighted by Gasteiger charge is 2.16. The fraction of sp³-hybridized carbons (Fsp3) is 0. The van der Waals surface area contributed by atoms with Gasteiger partial charge in [-0.2, -0.15) is 5.10 Å². The minimum atomic E-state index is -0.738. The van der Waals surface area contributed by atoms with Crippen molar-refractivity contribution in [1.82, 2.24) is 10.2 Å². The van der Waals surface area contributed by atoms with Gasteiger partial charge in [0.25, 0.3) is 11.6 Å². The first-order valence-corrected chi connectivity index (χ1v) is 6.59. The molecule has 2 aromatic carbocycles. The van der Waals surface area contributed by atoms with Crippen LogP contribution in [0.1, 0.15) is 10.5 Å². The molecule has 1 heterocycles. The molecular formula is C15H10N4O4. The normalized spacial score (nSPS) is 10.4. The number of rotatable bonds is 3. The number of carbonyl (C=O) groups is 1. The number of amides is 1. The summed E-state index contributed by atoms with van der Waals surface area (Å²) in [6.07, 6.45) is 0. The van der Waals surface area contributed by atoms with Crippen molar-refractivity contribution in [1.29, 1.82) is 0 Å². The molecule has 8 nitrogen and oxygen atoms in total. The van der Waals surface area contributed by atoms with Crippen LogP contribution in [0.15, 0.2) is 53.3 Å². The number of nitro groups is 1. The number of aromatic amines is 1. The van der Waals surface area contributed by atoms with Crippen LogP contribution in [0.3, 0.4) is 0 Å². The molecule has 0 atom stereocenters. The zero-order chi connectivity index (χ0) is 16.4. The summed E-state index contributed by atoms with van der Waals surface area (Å²) in [5.41, 5.74) is -0.261. The van der Waals surface area contributed by atoms with Crippen molar-refractivity contribution in [3.63, 3.8) is 0 Å². The molecule has 3 rings (SSSR count). The van der Waals surface area contributed by atoms with Crippen LogP contribution in [0.2, 0.25) is 0 Å². The predicted octanol–water partition coefficient (Wildman–Crippen LogP) is 2.08. The molecule has 0 spiro atoms. The minimum absolute atomic E-state index is 0.164. The molecule has 0 saturated heterocycles. The summed E-state index contributed by atoms with van der Waals surface area (Å²) < 4.78 is 0. The summed E-state index contributed by atoms with van der Waals surface area (Å²) in [4.78, 5) is 34.6. The summed E-state index contributed by atoms with van der Waals surface area (Å²) >= 11 is 0. The smallest absolute Gasteiger partial charge is 0.280 e. The van der Waals surface area contributed by atoms with E-state index in [0.717, 1.165) is 0 Å². The Balaban J connectivity index is 1.95. The van der Waals surface area contributed by atoms with Crippen LogP contribution >= 0.6 is 0 Å². The van der Waals surface area contributed by atoms with E-state index in [1.54, 1.807) is 24.3 Å². The van der Waals surface area contributed by atoms with Gasteiger partial charge >= 0.3 is 0 Å². The first-order valence-electron chi connectivity index (χ1n) is 6.59. The second kappa shape index (κ2) is 5.68. The highest BCUT2D eigenvalue weighted by atomic mass is 16.6. The average molecular weight is 310 g/mol. The summed E-state index contributed by atoms with van der Waals surface area (Å²) in [7, 11) is 0. The fourth-order valence-corrected chi connectivity index (χ4v) is 2.11. The maximum atomic E-state index is 12.3. The molecule has 0 saturated carbocycles. The van der Waals surface area contributed by atoms with Gasteiger partial charge in [-0.25, -0.2) is 0 Å². The lowest BCUT2D eigenvalue weighted by atomic mass is 10.2. The van der Waals surface area contributed by atoms with Crippen molar-refractivity contribution in [2.24, 2.45) is 0 Å². The topological polar surface area (TPSA) is 118 Å². The number of benzene rings is 2. The van der Waals surface area contributed by atoms with Crippen LogP contribution in [0.4, 0.5) is 11.4 Å². The molecule has 3 aromatic rings. The number of H-pyrrole nitrogens is 1. The van der Waals surface area contributed by atoms with E-state index >= 15 is 0 Å². The predicted molar refractivity (Wildman–Crippen MR) is 83.4 cm³/mol. The lowest BCUT2D eigenvalue weighted by Gasteiger charge is -2.05. The lowest BCUT2D eigenvalue weighted by molar-refractivity contribution is -0.384. The fourth-order valence-electron chi connectivity index (χ4n) is 2.11. The van der Waals surface area contributed by atoms with Crippen molar-refractivity contribution < 1.29 is 9.72 Å². The van der Waals surface area contributed by atoms with Crippen LogP contribution in [0.25, 0.3) is 10.9 Å². The van der Waals surface area contributed by atoms with Gasteiger partial charge in [0, 0.05) is 23.2 Å². The van der Waals surface area contributed by atoms with Gasteiger partial charge < -0.3 is 5.32 Å². The molecule has 0 fully saturated rings. The Morgan fingerprint density at radius 2 is 1.96 bits per heavy atom. The van der Waals surface area contributed by atoms with Gasteiger partial charge in [-0.15, -0.1) is 0 Å². The Labute approximate surface area is 128 Å². The van der Waals surface area contributed by atoms with E-state index in [-0.39, 0.29) is 17.1 Å². The molecule has 8 heteroatoms. The monoisotopic (exact) mass is 310 g/mol. The molecule has 0 aliphatic heterocycles. The van der Waals surface area contributed by atoms with E-state index in [0.29, 0.717) is 10.9 Å². The van der Waals surface area contributed by atoms with E-state index in [4.69, 9.17) is 0 Å². The molecule has 2 N–H and O–H groups in total. The molecule has 0 radical (unpaired) electrons.